The van der Waals surface area contributed by atoms with Gasteiger partial charge in [-0.1, -0.05) is 18.2 Å². The molecule has 2 aromatic carbocycles. The van der Waals surface area contributed by atoms with Gasteiger partial charge in [0.15, 0.2) is 0 Å². The number of carbonyl (C=O) groups is 1. The number of benzene rings is 2. The highest BCUT2D eigenvalue weighted by molar-refractivity contribution is 7.89. The Bertz CT molecular complexity index is 990. The molecule has 1 aliphatic heterocycles. The minimum absolute atomic E-state index is 0.159. The van der Waals surface area contributed by atoms with Gasteiger partial charge in [-0.2, -0.15) is 4.31 Å². The minimum atomic E-state index is -3.85. The van der Waals surface area contributed by atoms with Crippen LogP contribution in [0.4, 0.5) is 5.69 Å². The van der Waals surface area contributed by atoms with E-state index in [4.69, 9.17) is 9.47 Å². The van der Waals surface area contributed by atoms with Crippen molar-refractivity contribution >= 4 is 21.6 Å². The second-order valence-electron chi connectivity index (χ2n) is 6.82. The molecule has 29 heavy (non-hydrogen) atoms. The molecule has 0 bridgehead atoms. The van der Waals surface area contributed by atoms with E-state index in [1.165, 1.54) is 17.5 Å². The van der Waals surface area contributed by atoms with Gasteiger partial charge in [0.1, 0.15) is 17.5 Å². The predicted octanol–water partition coefficient (Wildman–Crippen LogP) is 3.19. The number of hydrogen-bond acceptors (Lipinski definition) is 5. The molecule has 1 heterocycles. The van der Waals surface area contributed by atoms with Gasteiger partial charge >= 0.3 is 0 Å². The Labute approximate surface area is 171 Å². The fourth-order valence-corrected chi connectivity index (χ4v) is 5.37. The normalized spacial score (nSPS) is 17.1. The van der Waals surface area contributed by atoms with Crippen molar-refractivity contribution < 1.29 is 22.7 Å². The Balaban J connectivity index is 1.87. The van der Waals surface area contributed by atoms with Crippen molar-refractivity contribution in [3.8, 4) is 11.5 Å². The standard InChI is InChI=1S/C21H26N2O5S/c1-4-28-19-10-6-5-8-17(19)22-21(24)18-9-7-13-23(18)29(25,26)20-14-16(27-3)12-11-15(20)2/h5-6,8,10-12,14,18H,4,7,9,13H2,1-3H3,(H,22,24). The van der Waals surface area contributed by atoms with Crippen molar-refractivity contribution in [3.63, 3.8) is 0 Å². The zero-order valence-electron chi connectivity index (χ0n) is 16.8. The van der Waals surface area contributed by atoms with E-state index >= 15 is 0 Å². The molecular formula is C21H26N2O5S. The molecule has 0 radical (unpaired) electrons. The fraction of sp³-hybridized carbons (Fsp3) is 0.381. The summed E-state index contributed by atoms with van der Waals surface area (Å²) in [6, 6.07) is 11.3. The summed E-state index contributed by atoms with van der Waals surface area (Å²) < 4.78 is 38.7. The zero-order valence-corrected chi connectivity index (χ0v) is 17.7. The molecule has 1 N–H and O–H groups in total. The lowest BCUT2D eigenvalue weighted by Crippen LogP contribution is -2.43. The number of para-hydroxylation sites is 2. The molecule has 1 saturated heterocycles. The molecule has 7 nitrogen and oxygen atoms in total. The highest BCUT2D eigenvalue weighted by Gasteiger charge is 2.40. The van der Waals surface area contributed by atoms with Gasteiger partial charge in [0.05, 0.1) is 24.3 Å². The maximum absolute atomic E-state index is 13.3. The molecule has 0 spiro atoms. The highest BCUT2D eigenvalue weighted by atomic mass is 32.2. The molecule has 0 saturated carbocycles. The van der Waals surface area contributed by atoms with Crippen LogP contribution in [-0.2, 0) is 14.8 Å². The second kappa shape index (κ2) is 8.84. The fourth-order valence-electron chi connectivity index (χ4n) is 3.47. The number of anilines is 1. The van der Waals surface area contributed by atoms with Gasteiger partial charge in [-0.3, -0.25) is 4.79 Å². The molecule has 1 fully saturated rings. The van der Waals surface area contributed by atoms with Crippen LogP contribution >= 0.6 is 0 Å². The molecular weight excluding hydrogens is 392 g/mol. The van der Waals surface area contributed by atoms with Crippen LogP contribution in [0.5, 0.6) is 11.5 Å². The summed E-state index contributed by atoms with van der Waals surface area (Å²) in [4.78, 5) is 13.1. The van der Waals surface area contributed by atoms with E-state index in [2.05, 4.69) is 5.32 Å². The average molecular weight is 419 g/mol. The zero-order chi connectivity index (χ0) is 21.0. The number of ether oxygens (including phenoxy) is 2. The number of sulfonamides is 1. The minimum Gasteiger partial charge on any atom is -0.497 e. The lowest BCUT2D eigenvalue weighted by molar-refractivity contribution is -0.119. The summed E-state index contributed by atoms with van der Waals surface area (Å²) in [6.07, 6.45) is 1.08. The number of nitrogens with zero attached hydrogens (tertiary/aromatic N) is 1. The van der Waals surface area contributed by atoms with Gasteiger partial charge in [0.25, 0.3) is 0 Å². The predicted molar refractivity (Wildman–Crippen MR) is 111 cm³/mol. The second-order valence-corrected chi connectivity index (χ2v) is 8.68. The molecule has 8 heteroatoms. The number of methoxy groups -OCH3 is 1. The number of aryl methyl sites for hydroxylation is 1. The van der Waals surface area contributed by atoms with E-state index in [1.54, 1.807) is 37.3 Å². The maximum atomic E-state index is 13.3. The summed E-state index contributed by atoms with van der Waals surface area (Å²) in [5, 5.41) is 2.83. The van der Waals surface area contributed by atoms with Crippen LogP contribution < -0.4 is 14.8 Å². The molecule has 1 unspecified atom stereocenters. The third-order valence-corrected chi connectivity index (χ3v) is 6.98. The maximum Gasteiger partial charge on any atom is 0.244 e. The van der Waals surface area contributed by atoms with Crippen molar-refractivity contribution in [3.05, 3.63) is 48.0 Å². The summed E-state index contributed by atoms with van der Waals surface area (Å²) in [7, 11) is -2.36. The first-order valence-corrected chi connectivity index (χ1v) is 11.0. The van der Waals surface area contributed by atoms with Crippen molar-refractivity contribution in [2.24, 2.45) is 0 Å². The first kappa shape index (κ1) is 21.1. The SMILES string of the molecule is CCOc1ccccc1NC(=O)C1CCCN1S(=O)(=O)c1cc(OC)ccc1C. The molecule has 1 amide bonds. The van der Waals surface area contributed by atoms with Crippen molar-refractivity contribution in [2.45, 2.75) is 37.6 Å². The van der Waals surface area contributed by atoms with Crippen LogP contribution in [0.25, 0.3) is 0 Å². The smallest absolute Gasteiger partial charge is 0.244 e. The number of hydrogen-bond donors (Lipinski definition) is 1. The summed E-state index contributed by atoms with van der Waals surface area (Å²) >= 11 is 0. The topological polar surface area (TPSA) is 84.9 Å². The molecule has 1 atom stereocenters. The number of amides is 1. The van der Waals surface area contributed by atoms with Crippen LogP contribution in [-0.4, -0.2) is 44.9 Å². The average Bonchev–Trinajstić information content (AvgIpc) is 3.21. The number of nitrogens with one attached hydrogen (secondary N) is 1. The van der Waals surface area contributed by atoms with Crippen molar-refractivity contribution in [1.29, 1.82) is 0 Å². The third kappa shape index (κ3) is 4.38. The lowest BCUT2D eigenvalue weighted by Gasteiger charge is -2.24. The van der Waals surface area contributed by atoms with E-state index in [0.717, 1.165) is 0 Å². The van der Waals surface area contributed by atoms with E-state index in [1.807, 2.05) is 13.0 Å². The Hall–Kier alpha value is -2.58. The van der Waals surface area contributed by atoms with E-state index in [-0.39, 0.29) is 10.8 Å². The highest BCUT2D eigenvalue weighted by Crippen LogP contribution is 2.31. The van der Waals surface area contributed by atoms with Crippen LogP contribution in [0.1, 0.15) is 25.3 Å². The van der Waals surface area contributed by atoms with Gasteiger partial charge in [0, 0.05) is 12.6 Å². The molecule has 0 aliphatic carbocycles. The van der Waals surface area contributed by atoms with Crippen LogP contribution in [0.2, 0.25) is 0 Å². The summed E-state index contributed by atoms with van der Waals surface area (Å²) in [5.74, 6) is 0.651. The van der Waals surface area contributed by atoms with Gasteiger partial charge in [-0.25, -0.2) is 8.42 Å². The van der Waals surface area contributed by atoms with Gasteiger partial charge in [-0.15, -0.1) is 0 Å². The number of rotatable bonds is 7. The third-order valence-electron chi connectivity index (χ3n) is 4.93. The van der Waals surface area contributed by atoms with Crippen LogP contribution in [0, 0.1) is 6.92 Å². The molecule has 156 valence electrons. The van der Waals surface area contributed by atoms with Crippen molar-refractivity contribution in [1.82, 2.24) is 4.31 Å². The lowest BCUT2D eigenvalue weighted by atomic mass is 10.2. The van der Waals surface area contributed by atoms with E-state index < -0.39 is 16.1 Å². The van der Waals surface area contributed by atoms with Crippen LogP contribution in [0.15, 0.2) is 47.4 Å². The molecule has 3 rings (SSSR count). The first-order chi connectivity index (χ1) is 13.9. The number of carbonyl (C=O) groups excluding carboxylic acids is 1. The molecule has 2 aromatic rings. The monoisotopic (exact) mass is 418 g/mol. The Morgan fingerprint density at radius 3 is 2.72 bits per heavy atom. The largest absolute Gasteiger partial charge is 0.497 e. The van der Waals surface area contributed by atoms with Crippen LogP contribution in [0.3, 0.4) is 0 Å². The molecule has 1 aliphatic rings. The molecule has 0 aromatic heterocycles. The Kier molecular flexibility index (Phi) is 6.44. The van der Waals surface area contributed by atoms with Gasteiger partial charge in [0.2, 0.25) is 15.9 Å². The Morgan fingerprint density at radius 1 is 1.24 bits per heavy atom. The summed E-state index contributed by atoms with van der Waals surface area (Å²) in [5.41, 5.74) is 1.14. The Morgan fingerprint density at radius 2 is 2.00 bits per heavy atom. The van der Waals surface area contributed by atoms with E-state index in [0.29, 0.717) is 48.7 Å². The summed E-state index contributed by atoms with van der Waals surface area (Å²) in [6.45, 7) is 4.35. The van der Waals surface area contributed by atoms with Gasteiger partial charge in [-0.05, 0) is 50.5 Å². The van der Waals surface area contributed by atoms with Crippen molar-refractivity contribution in [2.75, 3.05) is 25.6 Å². The quantitative estimate of drug-likeness (QED) is 0.746. The first-order valence-electron chi connectivity index (χ1n) is 9.57. The van der Waals surface area contributed by atoms with E-state index in [9.17, 15) is 13.2 Å². The van der Waals surface area contributed by atoms with Gasteiger partial charge < -0.3 is 14.8 Å².